The quantitative estimate of drug-likeness (QED) is 0.720. The van der Waals surface area contributed by atoms with Crippen LogP contribution < -0.4 is 14.5 Å². The predicted octanol–water partition coefficient (Wildman–Crippen LogP) is 4.07. The Balaban J connectivity index is 1.83. The summed E-state index contributed by atoms with van der Waals surface area (Å²) in [5, 5.41) is 0.541. The lowest BCUT2D eigenvalue weighted by Crippen LogP contribution is -2.49. The first kappa shape index (κ1) is 22.9. The van der Waals surface area contributed by atoms with Crippen LogP contribution in [0.3, 0.4) is 0 Å². The van der Waals surface area contributed by atoms with Crippen LogP contribution in [0.2, 0.25) is 5.02 Å². The van der Waals surface area contributed by atoms with Crippen LogP contribution in [0, 0.1) is 0 Å². The third-order valence-corrected chi connectivity index (χ3v) is 7.00. The second kappa shape index (κ2) is 8.57. The van der Waals surface area contributed by atoms with E-state index in [0.717, 1.165) is 36.2 Å². The molecule has 0 bridgehead atoms. The smallest absolute Gasteiger partial charge is 0.336 e. The number of rotatable bonds is 3. The number of hydrogen-bond donors (Lipinski definition) is 1. The number of anilines is 2. The van der Waals surface area contributed by atoms with Crippen LogP contribution in [-0.2, 0) is 20.2 Å². The van der Waals surface area contributed by atoms with Crippen LogP contribution >= 0.6 is 11.6 Å². The lowest BCUT2D eigenvalue weighted by atomic mass is 9.73. The molecular weight excluding hydrogens is 450 g/mol. The number of carbonyl (C=O) groups is 1. The molecule has 1 unspecified atom stereocenters. The SMILES string of the molecule is CC1(C)CC(c2cc(N3CCOCC3)ccc2Cl)N(C(=O)NS(C)(=O)=O)c2ccccc21. The highest BCUT2D eigenvalue weighted by atomic mass is 35.5. The van der Waals surface area contributed by atoms with Gasteiger partial charge in [-0.1, -0.05) is 43.6 Å². The number of fused-ring (bicyclic) bond motifs is 1. The molecule has 2 aliphatic rings. The van der Waals surface area contributed by atoms with Gasteiger partial charge in [-0.2, -0.15) is 0 Å². The van der Waals surface area contributed by atoms with Gasteiger partial charge >= 0.3 is 6.03 Å². The molecule has 1 saturated heterocycles. The average molecular weight is 478 g/mol. The molecule has 2 heterocycles. The number of morpholine rings is 1. The van der Waals surface area contributed by atoms with Crippen LogP contribution in [0.15, 0.2) is 42.5 Å². The summed E-state index contributed by atoms with van der Waals surface area (Å²) in [4.78, 5) is 17.0. The van der Waals surface area contributed by atoms with Gasteiger partial charge in [0.25, 0.3) is 0 Å². The zero-order chi connectivity index (χ0) is 23.1. The Morgan fingerprint density at radius 1 is 1.16 bits per heavy atom. The molecule has 2 aromatic rings. The van der Waals surface area contributed by atoms with E-state index >= 15 is 0 Å². The predicted molar refractivity (Wildman–Crippen MR) is 127 cm³/mol. The molecule has 1 N–H and O–H groups in total. The summed E-state index contributed by atoms with van der Waals surface area (Å²) in [7, 11) is -3.74. The fourth-order valence-corrected chi connectivity index (χ4v) is 5.28. The number of hydrogen-bond acceptors (Lipinski definition) is 5. The van der Waals surface area contributed by atoms with Gasteiger partial charge in [-0.15, -0.1) is 0 Å². The highest BCUT2D eigenvalue weighted by Gasteiger charge is 2.42. The van der Waals surface area contributed by atoms with Gasteiger partial charge < -0.3 is 9.64 Å². The van der Waals surface area contributed by atoms with Gasteiger partial charge in [0.1, 0.15) is 0 Å². The van der Waals surface area contributed by atoms with E-state index < -0.39 is 22.1 Å². The zero-order valence-electron chi connectivity index (χ0n) is 18.5. The average Bonchev–Trinajstić information content (AvgIpc) is 2.73. The highest BCUT2D eigenvalue weighted by molar-refractivity contribution is 7.89. The van der Waals surface area contributed by atoms with Crippen molar-refractivity contribution in [2.24, 2.45) is 0 Å². The first-order chi connectivity index (χ1) is 15.1. The van der Waals surface area contributed by atoms with Crippen molar-refractivity contribution in [2.75, 3.05) is 42.4 Å². The molecule has 2 aromatic carbocycles. The lowest BCUT2D eigenvalue weighted by Gasteiger charge is -2.45. The molecule has 2 amide bonds. The highest BCUT2D eigenvalue weighted by Crippen LogP contribution is 2.49. The monoisotopic (exact) mass is 477 g/mol. The Bertz CT molecular complexity index is 1130. The minimum Gasteiger partial charge on any atom is -0.378 e. The number of nitrogens with zero attached hydrogens (tertiary/aromatic N) is 2. The maximum Gasteiger partial charge on any atom is 0.336 e. The minimum atomic E-state index is -3.74. The molecule has 4 rings (SSSR count). The molecule has 0 aromatic heterocycles. The second-order valence-electron chi connectivity index (χ2n) is 8.98. The summed E-state index contributed by atoms with van der Waals surface area (Å²) in [5.41, 5.74) is 3.22. The van der Waals surface area contributed by atoms with Crippen LogP contribution in [0.1, 0.15) is 37.4 Å². The fourth-order valence-electron chi connectivity index (χ4n) is 4.62. The molecular formula is C23H28ClN3O4S. The molecule has 0 saturated carbocycles. The standard InChI is InChI=1S/C23H28ClN3O4S/c1-23(2)15-21(17-14-16(8-9-19(17)24)26-10-12-31-13-11-26)27(22(28)25-32(3,29)30)20-7-5-4-6-18(20)23/h4-9,14,21H,10-13,15H2,1-3H3,(H,25,28). The Hall–Kier alpha value is -2.29. The molecule has 0 aliphatic carbocycles. The van der Waals surface area contributed by atoms with Crippen molar-refractivity contribution in [3.8, 4) is 0 Å². The van der Waals surface area contributed by atoms with Crippen molar-refractivity contribution in [1.29, 1.82) is 0 Å². The molecule has 32 heavy (non-hydrogen) atoms. The van der Waals surface area contributed by atoms with Gasteiger partial charge in [-0.3, -0.25) is 4.90 Å². The van der Waals surface area contributed by atoms with Gasteiger partial charge in [0.15, 0.2) is 0 Å². The number of ether oxygens (including phenoxy) is 1. The Labute approximate surface area is 194 Å². The van der Waals surface area contributed by atoms with Crippen molar-refractivity contribution in [3.63, 3.8) is 0 Å². The van der Waals surface area contributed by atoms with Crippen molar-refractivity contribution >= 4 is 39.0 Å². The summed E-state index contributed by atoms with van der Waals surface area (Å²) in [6.45, 7) is 7.13. The fraction of sp³-hybridized carbons (Fsp3) is 0.435. The normalized spacial score (nSPS) is 20.6. The van der Waals surface area contributed by atoms with Gasteiger partial charge in [0, 0.05) is 29.5 Å². The van der Waals surface area contributed by atoms with E-state index in [2.05, 4.69) is 23.5 Å². The molecule has 172 valence electrons. The molecule has 1 atom stereocenters. The number of para-hydroxylation sites is 1. The first-order valence-electron chi connectivity index (χ1n) is 10.6. The van der Waals surface area contributed by atoms with Crippen molar-refractivity contribution < 1.29 is 17.9 Å². The van der Waals surface area contributed by atoms with Crippen LogP contribution in [0.4, 0.5) is 16.2 Å². The third kappa shape index (κ3) is 4.58. The van der Waals surface area contributed by atoms with Crippen molar-refractivity contribution in [3.05, 3.63) is 58.6 Å². The summed E-state index contributed by atoms with van der Waals surface area (Å²) < 4.78 is 31.4. The number of amides is 2. The number of sulfonamides is 1. The number of urea groups is 1. The zero-order valence-corrected chi connectivity index (χ0v) is 20.0. The van der Waals surface area contributed by atoms with Gasteiger partial charge in [0.05, 0.1) is 25.5 Å². The molecule has 0 spiro atoms. The Morgan fingerprint density at radius 3 is 2.53 bits per heavy atom. The molecule has 2 aliphatic heterocycles. The van der Waals surface area contributed by atoms with Gasteiger partial charge in [-0.05, 0) is 47.2 Å². The van der Waals surface area contributed by atoms with Crippen LogP contribution in [0.5, 0.6) is 0 Å². The number of carbonyl (C=O) groups excluding carboxylic acids is 1. The molecule has 0 radical (unpaired) electrons. The molecule has 7 nitrogen and oxygen atoms in total. The summed E-state index contributed by atoms with van der Waals surface area (Å²) in [6, 6.07) is 12.3. The van der Waals surface area contributed by atoms with Gasteiger partial charge in [-0.25, -0.2) is 17.9 Å². The topological polar surface area (TPSA) is 79.0 Å². The third-order valence-electron chi connectivity index (χ3n) is 6.11. The minimum absolute atomic E-state index is 0.249. The van der Waals surface area contributed by atoms with Gasteiger partial charge in [0.2, 0.25) is 10.0 Å². The van der Waals surface area contributed by atoms with E-state index in [-0.39, 0.29) is 5.41 Å². The Kier molecular flexibility index (Phi) is 6.13. The Morgan fingerprint density at radius 2 is 1.84 bits per heavy atom. The van der Waals surface area contributed by atoms with E-state index in [1.165, 1.54) is 4.90 Å². The van der Waals surface area contributed by atoms with Crippen molar-refractivity contribution in [2.45, 2.75) is 31.7 Å². The number of halogens is 1. The van der Waals surface area contributed by atoms with Crippen molar-refractivity contribution in [1.82, 2.24) is 4.72 Å². The molecule has 1 fully saturated rings. The first-order valence-corrected chi connectivity index (χ1v) is 12.9. The maximum atomic E-state index is 13.2. The number of nitrogens with one attached hydrogen (secondary N) is 1. The van der Waals surface area contributed by atoms with E-state index in [4.69, 9.17) is 16.3 Å². The van der Waals surface area contributed by atoms with Crippen LogP contribution in [0.25, 0.3) is 0 Å². The van der Waals surface area contributed by atoms with E-state index in [1.807, 2.05) is 42.5 Å². The summed E-state index contributed by atoms with van der Waals surface area (Å²) in [5.74, 6) is 0. The summed E-state index contributed by atoms with van der Waals surface area (Å²) in [6.07, 6.45) is 1.57. The number of benzene rings is 2. The van der Waals surface area contributed by atoms with E-state index in [1.54, 1.807) is 0 Å². The molecule has 9 heteroatoms. The van der Waals surface area contributed by atoms with Crippen LogP contribution in [-0.4, -0.2) is 47.0 Å². The maximum absolute atomic E-state index is 13.2. The largest absolute Gasteiger partial charge is 0.378 e. The summed E-state index contributed by atoms with van der Waals surface area (Å²) >= 11 is 6.67. The van der Waals surface area contributed by atoms with E-state index in [0.29, 0.717) is 30.3 Å². The lowest BCUT2D eigenvalue weighted by molar-refractivity contribution is 0.122. The van der Waals surface area contributed by atoms with E-state index in [9.17, 15) is 13.2 Å². The second-order valence-corrected chi connectivity index (χ2v) is 11.1.